The normalized spacial score (nSPS) is 23.1. The zero-order valence-electron chi connectivity index (χ0n) is 16.4. The van der Waals surface area contributed by atoms with Crippen LogP contribution >= 0.6 is 11.3 Å². The molecule has 2 aromatic rings. The summed E-state index contributed by atoms with van der Waals surface area (Å²) in [6.07, 6.45) is 13.7. The van der Waals surface area contributed by atoms with E-state index in [2.05, 4.69) is 29.6 Å². The van der Waals surface area contributed by atoms with Crippen LogP contribution in [0.4, 0.5) is 0 Å². The van der Waals surface area contributed by atoms with Crippen molar-refractivity contribution in [1.82, 2.24) is 10.3 Å². The van der Waals surface area contributed by atoms with Crippen LogP contribution in [0.25, 0.3) is 10.2 Å². The van der Waals surface area contributed by atoms with E-state index in [1.54, 1.807) is 11.3 Å². The van der Waals surface area contributed by atoms with Crippen molar-refractivity contribution in [3.05, 3.63) is 41.4 Å². The van der Waals surface area contributed by atoms with Crippen molar-refractivity contribution in [2.24, 2.45) is 5.92 Å². The van der Waals surface area contributed by atoms with Gasteiger partial charge in [0.2, 0.25) is 5.91 Å². The molecule has 5 heteroatoms. The van der Waals surface area contributed by atoms with Gasteiger partial charge < -0.3 is 10.1 Å². The van der Waals surface area contributed by atoms with Gasteiger partial charge in [0.1, 0.15) is 0 Å². The second kappa shape index (κ2) is 9.66. The van der Waals surface area contributed by atoms with Gasteiger partial charge in [-0.1, -0.05) is 43.5 Å². The Labute approximate surface area is 171 Å². The molecule has 0 saturated heterocycles. The first-order valence-corrected chi connectivity index (χ1v) is 11.5. The molecular formula is C23H30N2O2S. The summed E-state index contributed by atoms with van der Waals surface area (Å²) in [5.41, 5.74) is 1.04. The average Bonchev–Trinajstić information content (AvgIpc) is 3.18. The van der Waals surface area contributed by atoms with E-state index in [0.717, 1.165) is 36.4 Å². The van der Waals surface area contributed by atoms with Gasteiger partial charge in [-0.3, -0.25) is 4.79 Å². The van der Waals surface area contributed by atoms with Crippen LogP contribution in [0.1, 0.15) is 62.3 Å². The number of carbonyl (C=O) groups excluding carboxylic acids is 1. The third-order valence-corrected chi connectivity index (χ3v) is 7.09. The Kier molecular flexibility index (Phi) is 6.76. The summed E-state index contributed by atoms with van der Waals surface area (Å²) in [7, 11) is 0. The maximum atomic E-state index is 12.9. The van der Waals surface area contributed by atoms with E-state index in [1.165, 1.54) is 36.8 Å². The van der Waals surface area contributed by atoms with Crippen LogP contribution in [0, 0.1) is 5.92 Å². The number of hydrogen-bond acceptors (Lipinski definition) is 4. The minimum atomic E-state index is -0.0233. The zero-order chi connectivity index (χ0) is 19.2. The van der Waals surface area contributed by atoms with Crippen molar-refractivity contribution in [2.75, 3.05) is 13.2 Å². The quantitative estimate of drug-likeness (QED) is 0.515. The monoisotopic (exact) mass is 398 g/mol. The highest BCUT2D eigenvalue weighted by Gasteiger charge is 2.32. The Hall–Kier alpha value is -1.72. The highest BCUT2D eigenvalue weighted by molar-refractivity contribution is 7.18. The summed E-state index contributed by atoms with van der Waals surface area (Å²) in [5, 5.41) is 4.24. The predicted octanol–water partition coefficient (Wildman–Crippen LogP) is 5.20. The number of para-hydroxylation sites is 1. The molecule has 0 bridgehead atoms. The largest absolute Gasteiger partial charge is 0.378 e. The lowest BCUT2D eigenvalue weighted by molar-refractivity contribution is -0.125. The highest BCUT2D eigenvalue weighted by atomic mass is 32.1. The smallest absolute Gasteiger partial charge is 0.224 e. The third-order valence-electron chi connectivity index (χ3n) is 5.92. The lowest BCUT2D eigenvalue weighted by atomic mass is 9.82. The third kappa shape index (κ3) is 4.81. The number of amides is 1. The summed E-state index contributed by atoms with van der Waals surface area (Å²) in [6, 6.07) is 8.22. The number of nitrogens with one attached hydrogen (secondary N) is 1. The molecule has 1 aromatic heterocycles. The van der Waals surface area contributed by atoms with Gasteiger partial charge in [0.15, 0.2) is 0 Å². The molecule has 1 saturated carbocycles. The topological polar surface area (TPSA) is 51.2 Å². The predicted molar refractivity (Wildman–Crippen MR) is 115 cm³/mol. The molecule has 0 unspecified atom stereocenters. The molecule has 2 aliphatic rings. The standard InChI is InChI=1S/C23H30N2O2S/c26-22(24-15-8-16-27-17-9-2-1-3-10-17)18-11-4-5-12-19(18)23-25-20-13-6-7-14-21(20)28-23/h4-7,13-14,17-19H,1-3,8-12,15-16H2,(H,24,26)/t18-,19+/m0/s1. The van der Waals surface area contributed by atoms with Gasteiger partial charge in [0.05, 0.1) is 27.2 Å². The van der Waals surface area contributed by atoms with Gasteiger partial charge in [-0.2, -0.15) is 0 Å². The summed E-state index contributed by atoms with van der Waals surface area (Å²) in [5.74, 6) is 0.317. The maximum absolute atomic E-state index is 12.9. The Morgan fingerprint density at radius 2 is 1.96 bits per heavy atom. The number of rotatable bonds is 7. The SMILES string of the molecule is O=C(NCCCOC1CCCCC1)[C@H]1CC=CC[C@H]1c1nc2ccccc2s1. The first-order valence-electron chi connectivity index (χ1n) is 10.7. The fourth-order valence-electron chi connectivity index (χ4n) is 4.32. The van der Waals surface area contributed by atoms with Crippen molar-refractivity contribution < 1.29 is 9.53 Å². The fourth-order valence-corrected chi connectivity index (χ4v) is 5.47. The van der Waals surface area contributed by atoms with Crippen LogP contribution in [-0.2, 0) is 9.53 Å². The first kappa shape index (κ1) is 19.6. The van der Waals surface area contributed by atoms with Crippen LogP contribution in [0.3, 0.4) is 0 Å². The van der Waals surface area contributed by atoms with Gasteiger partial charge in [0, 0.05) is 19.1 Å². The summed E-state index contributed by atoms with van der Waals surface area (Å²) in [6.45, 7) is 1.44. The highest BCUT2D eigenvalue weighted by Crippen LogP contribution is 2.38. The van der Waals surface area contributed by atoms with Gasteiger partial charge >= 0.3 is 0 Å². The number of aromatic nitrogens is 1. The summed E-state index contributed by atoms with van der Waals surface area (Å²) < 4.78 is 7.16. The summed E-state index contributed by atoms with van der Waals surface area (Å²) in [4.78, 5) is 17.7. The zero-order valence-corrected chi connectivity index (χ0v) is 17.3. The Balaban J connectivity index is 1.28. The van der Waals surface area contributed by atoms with Crippen LogP contribution in [0.2, 0.25) is 0 Å². The van der Waals surface area contributed by atoms with E-state index in [-0.39, 0.29) is 17.7 Å². The number of thiazole rings is 1. The minimum absolute atomic E-state index is 0.0233. The number of allylic oxidation sites excluding steroid dienone is 2. The molecule has 1 fully saturated rings. The van der Waals surface area contributed by atoms with E-state index in [0.29, 0.717) is 12.6 Å². The van der Waals surface area contributed by atoms with Gasteiger partial charge in [0.25, 0.3) is 0 Å². The van der Waals surface area contributed by atoms with Gasteiger partial charge in [-0.05, 0) is 44.2 Å². The van der Waals surface area contributed by atoms with E-state index in [4.69, 9.17) is 9.72 Å². The van der Waals surface area contributed by atoms with Crippen molar-refractivity contribution in [2.45, 2.75) is 63.4 Å². The number of nitrogens with zero attached hydrogens (tertiary/aromatic N) is 1. The molecule has 0 radical (unpaired) electrons. The number of hydrogen-bond donors (Lipinski definition) is 1. The molecular weight excluding hydrogens is 368 g/mol. The Bertz CT molecular complexity index is 777. The number of fused-ring (bicyclic) bond motifs is 1. The van der Waals surface area contributed by atoms with Crippen LogP contribution in [-0.4, -0.2) is 30.1 Å². The number of ether oxygens (including phenoxy) is 1. The first-order chi connectivity index (χ1) is 13.8. The van der Waals surface area contributed by atoms with Crippen molar-refractivity contribution >= 4 is 27.5 Å². The molecule has 150 valence electrons. The summed E-state index contributed by atoms with van der Waals surface area (Å²) >= 11 is 1.73. The van der Waals surface area contributed by atoms with Crippen LogP contribution in [0.5, 0.6) is 0 Å². The molecule has 1 heterocycles. The second-order valence-electron chi connectivity index (χ2n) is 7.95. The van der Waals surface area contributed by atoms with Crippen molar-refractivity contribution in [3.63, 3.8) is 0 Å². The molecule has 2 atom stereocenters. The van der Waals surface area contributed by atoms with Crippen molar-refractivity contribution in [3.8, 4) is 0 Å². The Morgan fingerprint density at radius 3 is 2.82 bits per heavy atom. The molecule has 0 spiro atoms. The number of benzene rings is 1. The molecule has 0 aliphatic heterocycles. The lowest BCUT2D eigenvalue weighted by Crippen LogP contribution is -2.36. The average molecular weight is 399 g/mol. The van der Waals surface area contributed by atoms with Gasteiger partial charge in [-0.25, -0.2) is 4.98 Å². The maximum Gasteiger partial charge on any atom is 0.224 e. The fraction of sp³-hybridized carbons (Fsp3) is 0.565. The lowest BCUT2D eigenvalue weighted by Gasteiger charge is -2.26. The molecule has 1 aromatic carbocycles. The van der Waals surface area contributed by atoms with Crippen molar-refractivity contribution in [1.29, 1.82) is 0 Å². The minimum Gasteiger partial charge on any atom is -0.378 e. The molecule has 2 aliphatic carbocycles. The van der Waals surface area contributed by atoms with E-state index < -0.39 is 0 Å². The van der Waals surface area contributed by atoms with E-state index >= 15 is 0 Å². The molecule has 28 heavy (non-hydrogen) atoms. The molecule has 1 amide bonds. The molecule has 1 N–H and O–H groups in total. The molecule has 4 rings (SSSR count). The molecule has 4 nitrogen and oxygen atoms in total. The number of carbonyl (C=O) groups is 1. The van der Waals surface area contributed by atoms with E-state index in [9.17, 15) is 4.79 Å². The van der Waals surface area contributed by atoms with Crippen LogP contribution < -0.4 is 5.32 Å². The Morgan fingerprint density at radius 1 is 1.14 bits per heavy atom. The van der Waals surface area contributed by atoms with E-state index in [1.807, 2.05) is 12.1 Å². The van der Waals surface area contributed by atoms with Gasteiger partial charge in [-0.15, -0.1) is 11.3 Å². The second-order valence-corrected chi connectivity index (χ2v) is 9.01. The van der Waals surface area contributed by atoms with Crippen LogP contribution in [0.15, 0.2) is 36.4 Å².